The van der Waals surface area contributed by atoms with E-state index >= 15 is 0 Å². The van der Waals surface area contributed by atoms with Gasteiger partial charge in [0.25, 0.3) is 0 Å². The Labute approximate surface area is 260 Å². The molecule has 6 aromatic rings. The predicted molar refractivity (Wildman–Crippen MR) is 163 cm³/mol. The van der Waals surface area contributed by atoms with E-state index in [0.717, 1.165) is 35.6 Å². The molecular weight excluding hydrogens is 697 g/mol. The Hall–Kier alpha value is -4.35. The van der Waals surface area contributed by atoms with Gasteiger partial charge < -0.3 is 5.11 Å². The highest BCUT2D eigenvalue weighted by Gasteiger charge is 2.33. The average Bonchev–Trinajstić information content (AvgIpc) is 3.63. The lowest BCUT2D eigenvalue weighted by Gasteiger charge is -2.10. The van der Waals surface area contributed by atoms with Crippen molar-refractivity contribution in [3.8, 4) is 23.2 Å². The van der Waals surface area contributed by atoms with Crippen molar-refractivity contribution in [3.05, 3.63) is 118 Å². The summed E-state index contributed by atoms with van der Waals surface area (Å²) in [6.07, 6.45) is -5.61. The van der Waals surface area contributed by atoms with E-state index in [1.54, 1.807) is 15.5 Å². The van der Waals surface area contributed by atoms with Gasteiger partial charge in [0.05, 0.1) is 45.4 Å². The molecule has 0 unspecified atom stereocenters. The monoisotopic (exact) mass is 718 g/mol. The zero-order valence-corrected chi connectivity index (χ0v) is 24.7. The maximum Gasteiger partial charge on any atom is 0.416 e. The molecular formula is C32H21F6IN4O. The van der Waals surface area contributed by atoms with Crippen LogP contribution in [-0.4, -0.2) is 30.8 Å². The molecule has 0 saturated heterocycles. The number of benzene rings is 4. The third-order valence-corrected chi connectivity index (χ3v) is 7.25. The Balaban J connectivity index is 0.000000177. The lowest BCUT2D eigenvalue weighted by atomic mass is 10.1. The zero-order valence-electron chi connectivity index (χ0n) is 22.5. The van der Waals surface area contributed by atoms with Gasteiger partial charge in [-0.3, -0.25) is 9.13 Å². The minimum atomic E-state index is -4.47. The molecule has 0 fully saturated rings. The Morgan fingerprint density at radius 2 is 1.16 bits per heavy atom. The standard InChI is InChI=1S/C18H13F3N2O.C14H8F3IN2/c19-18(20,21)14-10-13(6-4-5-9-24)17-16(11-14)22-12-23(17)15-7-2-1-3-8-15;15-14(16,17)9-6-11(18)13-12(7-9)19-8-20(13)10-4-2-1-3-5-10/h1-3,7-8,10-12,24H,5,9H2;1-8H. The normalized spacial score (nSPS) is 11.6. The molecule has 6 rings (SSSR count). The summed E-state index contributed by atoms with van der Waals surface area (Å²) >= 11 is 1.91. The summed E-state index contributed by atoms with van der Waals surface area (Å²) in [5.41, 5.74) is 2.18. The Morgan fingerprint density at radius 1 is 0.682 bits per heavy atom. The fourth-order valence-corrected chi connectivity index (χ4v) is 5.32. The van der Waals surface area contributed by atoms with Crippen LogP contribution in [0.2, 0.25) is 0 Å². The highest BCUT2D eigenvalue weighted by molar-refractivity contribution is 14.1. The van der Waals surface area contributed by atoms with Crippen LogP contribution in [0.4, 0.5) is 26.3 Å². The van der Waals surface area contributed by atoms with E-state index < -0.39 is 23.5 Å². The van der Waals surface area contributed by atoms with Crippen molar-refractivity contribution >= 4 is 44.7 Å². The van der Waals surface area contributed by atoms with E-state index in [1.165, 1.54) is 6.33 Å². The number of aromatic nitrogens is 4. The number of imidazole rings is 2. The minimum Gasteiger partial charge on any atom is -0.395 e. The van der Waals surface area contributed by atoms with E-state index in [4.69, 9.17) is 5.11 Å². The van der Waals surface area contributed by atoms with Crippen LogP contribution in [0.5, 0.6) is 0 Å². The van der Waals surface area contributed by atoms with Crippen molar-refractivity contribution in [3.63, 3.8) is 0 Å². The molecule has 0 aliphatic rings. The van der Waals surface area contributed by atoms with Crippen LogP contribution >= 0.6 is 22.6 Å². The molecule has 2 aromatic heterocycles. The molecule has 0 aliphatic heterocycles. The summed E-state index contributed by atoms with van der Waals surface area (Å²) in [6, 6.07) is 22.9. The summed E-state index contributed by atoms with van der Waals surface area (Å²) in [4.78, 5) is 8.19. The molecule has 224 valence electrons. The largest absolute Gasteiger partial charge is 0.416 e. The van der Waals surface area contributed by atoms with Crippen molar-refractivity contribution in [2.75, 3.05) is 6.61 Å². The van der Waals surface area contributed by atoms with Gasteiger partial charge in [0.2, 0.25) is 0 Å². The Bertz CT molecular complexity index is 1970. The predicted octanol–water partition coefficient (Wildman–Crippen LogP) is 8.43. The minimum absolute atomic E-state index is 0.146. The summed E-state index contributed by atoms with van der Waals surface area (Å²) in [6.45, 7) is -0.146. The molecule has 12 heteroatoms. The molecule has 44 heavy (non-hydrogen) atoms. The molecule has 0 bridgehead atoms. The molecule has 0 saturated carbocycles. The lowest BCUT2D eigenvalue weighted by molar-refractivity contribution is -0.138. The maximum absolute atomic E-state index is 13.1. The lowest BCUT2D eigenvalue weighted by Crippen LogP contribution is -2.06. The van der Waals surface area contributed by atoms with E-state index in [-0.39, 0.29) is 24.1 Å². The number of aliphatic hydroxyl groups is 1. The number of para-hydroxylation sites is 2. The fraction of sp³-hybridized carbons (Fsp3) is 0.125. The molecule has 0 aliphatic carbocycles. The number of hydrogen-bond donors (Lipinski definition) is 1. The second-order valence-corrected chi connectivity index (χ2v) is 10.6. The van der Waals surface area contributed by atoms with E-state index in [9.17, 15) is 26.3 Å². The molecule has 5 nitrogen and oxygen atoms in total. The highest BCUT2D eigenvalue weighted by Crippen LogP contribution is 2.35. The van der Waals surface area contributed by atoms with Crippen LogP contribution < -0.4 is 0 Å². The molecule has 0 radical (unpaired) electrons. The average molecular weight is 718 g/mol. The number of aliphatic hydroxyl groups excluding tert-OH is 1. The topological polar surface area (TPSA) is 55.9 Å². The third-order valence-electron chi connectivity index (χ3n) is 6.42. The summed E-state index contributed by atoms with van der Waals surface area (Å²) in [5.74, 6) is 5.41. The van der Waals surface area contributed by atoms with Gasteiger partial charge in [-0.05, 0) is 71.1 Å². The maximum atomic E-state index is 13.1. The molecule has 4 aromatic carbocycles. The first-order valence-electron chi connectivity index (χ1n) is 13.0. The van der Waals surface area contributed by atoms with Crippen molar-refractivity contribution < 1.29 is 31.4 Å². The number of nitrogens with zero attached hydrogens (tertiary/aromatic N) is 4. The summed E-state index contributed by atoms with van der Waals surface area (Å²) in [7, 11) is 0. The fourth-order valence-electron chi connectivity index (χ4n) is 4.45. The quantitative estimate of drug-likeness (QED) is 0.114. The van der Waals surface area contributed by atoms with Gasteiger partial charge in [-0.15, -0.1) is 0 Å². The van der Waals surface area contributed by atoms with Crippen LogP contribution in [0.3, 0.4) is 0 Å². The van der Waals surface area contributed by atoms with Gasteiger partial charge in [-0.2, -0.15) is 26.3 Å². The number of fused-ring (bicyclic) bond motifs is 2. The van der Waals surface area contributed by atoms with Crippen LogP contribution in [0.1, 0.15) is 23.1 Å². The molecule has 2 heterocycles. The van der Waals surface area contributed by atoms with Gasteiger partial charge in [0.15, 0.2) is 0 Å². The second kappa shape index (κ2) is 12.7. The van der Waals surface area contributed by atoms with Gasteiger partial charge in [0, 0.05) is 21.4 Å². The number of hydrogen-bond acceptors (Lipinski definition) is 3. The van der Waals surface area contributed by atoms with Crippen molar-refractivity contribution in [2.24, 2.45) is 0 Å². The van der Waals surface area contributed by atoms with Crippen molar-refractivity contribution in [1.29, 1.82) is 0 Å². The van der Waals surface area contributed by atoms with Crippen LogP contribution in [0.25, 0.3) is 33.4 Å². The first-order valence-corrected chi connectivity index (χ1v) is 14.1. The number of alkyl halides is 6. The molecule has 0 amide bonds. The van der Waals surface area contributed by atoms with E-state index in [2.05, 4.69) is 21.8 Å². The molecule has 1 N–H and O–H groups in total. The smallest absolute Gasteiger partial charge is 0.395 e. The van der Waals surface area contributed by atoms with Crippen LogP contribution in [0, 0.1) is 15.4 Å². The SMILES string of the molecule is FC(F)(F)c1cc(I)c2c(c1)ncn2-c1ccccc1.OCCC#Cc1cc(C(F)(F)F)cc2ncn(-c3ccccc3)c12. The van der Waals surface area contributed by atoms with Gasteiger partial charge in [-0.1, -0.05) is 48.2 Å². The van der Waals surface area contributed by atoms with E-state index in [0.29, 0.717) is 20.1 Å². The van der Waals surface area contributed by atoms with Crippen LogP contribution in [-0.2, 0) is 12.4 Å². The van der Waals surface area contributed by atoms with Gasteiger partial charge in [0.1, 0.15) is 12.7 Å². The summed E-state index contributed by atoms with van der Waals surface area (Å²) in [5, 5.41) is 8.83. The Morgan fingerprint density at radius 3 is 1.66 bits per heavy atom. The number of halogens is 7. The van der Waals surface area contributed by atoms with Gasteiger partial charge in [-0.25, -0.2) is 9.97 Å². The second-order valence-electron chi connectivity index (χ2n) is 9.39. The molecule has 0 atom stereocenters. The zero-order chi connectivity index (χ0) is 31.5. The van der Waals surface area contributed by atoms with Crippen molar-refractivity contribution in [2.45, 2.75) is 18.8 Å². The van der Waals surface area contributed by atoms with E-state index in [1.807, 2.05) is 83.3 Å². The van der Waals surface area contributed by atoms with Gasteiger partial charge >= 0.3 is 12.4 Å². The summed E-state index contributed by atoms with van der Waals surface area (Å²) < 4.78 is 81.7. The first-order chi connectivity index (χ1) is 21.0. The van der Waals surface area contributed by atoms with Crippen LogP contribution in [0.15, 0.2) is 97.6 Å². The highest BCUT2D eigenvalue weighted by atomic mass is 127. The number of rotatable bonds is 3. The van der Waals surface area contributed by atoms with Crippen molar-refractivity contribution in [1.82, 2.24) is 19.1 Å². The Kier molecular flexibility index (Phi) is 8.98. The first kappa shape index (κ1) is 31.1. The third kappa shape index (κ3) is 6.74. The molecule has 0 spiro atoms.